The second-order valence-electron chi connectivity index (χ2n) is 5.63. The summed E-state index contributed by atoms with van der Waals surface area (Å²) in [5, 5.41) is 7.11. The molecule has 2 aromatic rings. The first-order valence-electron chi connectivity index (χ1n) is 7.66. The fourth-order valence-electron chi connectivity index (χ4n) is 2.27. The Morgan fingerprint density at radius 1 is 1.42 bits per heavy atom. The minimum absolute atomic E-state index is 0.195. The summed E-state index contributed by atoms with van der Waals surface area (Å²) in [6.45, 7) is 6.47. The Balaban J connectivity index is 2.11. The van der Waals surface area contributed by atoms with Crippen molar-refractivity contribution >= 4 is 5.91 Å². The van der Waals surface area contributed by atoms with Crippen molar-refractivity contribution in [3.63, 3.8) is 0 Å². The number of benzene rings is 1. The van der Waals surface area contributed by atoms with E-state index in [9.17, 15) is 4.79 Å². The molecule has 0 saturated carbocycles. The normalized spacial score (nSPS) is 11.8. The van der Waals surface area contributed by atoms with Crippen molar-refractivity contribution in [2.45, 2.75) is 13.0 Å². The first-order chi connectivity index (χ1) is 11.5. The van der Waals surface area contributed by atoms with Crippen molar-refractivity contribution < 1.29 is 14.3 Å². The number of ether oxygens (including phenoxy) is 2. The summed E-state index contributed by atoms with van der Waals surface area (Å²) < 4.78 is 12.5. The second-order valence-corrected chi connectivity index (χ2v) is 5.63. The Morgan fingerprint density at radius 2 is 2.21 bits per heavy atom. The van der Waals surface area contributed by atoms with Crippen LogP contribution in [0.1, 0.15) is 29.0 Å². The molecule has 1 N–H and O–H groups in total. The molecular formula is C18H23N3O3. The molecule has 1 atom stereocenters. The molecule has 2 rings (SSSR count). The van der Waals surface area contributed by atoms with Gasteiger partial charge < -0.3 is 14.8 Å². The zero-order valence-electron chi connectivity index (χ0n) is 14.3. The average molecular weight is 329 g/mol. The molecule has 1 amide bonds. The molecule has 0 aliphatic carbocycles. The number of aromatic nitrogens is 2. The smallest absolute Gasteiger partial charge is 0.252 e. The van der Waals surface area contributed by atoms with Crippen molar-refractivity contribution in [3.8, 4) is 5.75 Å². The van der Waals surface area contributed by atoms with E-state index in [1.54, 1.807) is 36.2 Å². The fourth-order valence-corrected chi connectivity index (χ4v) is 2.27. The summed E-state index contributed by atoms with van der Waals surface area (Å²) in [6.07, 6.45) is 1.69. The van der Waals surface area contributed by atoms with Gasteiger partial charge >= 0.3 is 0 Å². The predicted octanol–water partition coefficient (Wildman–Crippen LogP) is 2.49. The third kappa shape index (κ3) is 4.70. The lowest BCUT2D eigenvalue weighted by atomic mass is 10.1. The molecule has 6 heteroatoms. The van der Waals surface area contributed by atoms with Gasteiger partial charge in [0.15, 0.2) is 0 Å². The van der Waals surface area contributed by atoms with E-state index in [1.807, 2.05) is 26.1 Å². The molecule has 0 saturated heterocycles. The van der Waals surface area contributed by atoms with Crippen LogP contribution in [0.2, 0.25) is 0 Å². The van der Waals surface area contributed by atoms with Crippen molar-refractivity contribution in [2.24, 2.45) is 7.05 Å². The van der Waals surface area contributed by atoms with Crippen molar-refractivity contribution in [2.75, 3.05) is 20.3 Å². The van der Waals surface area contributed by atoms with Gasteiger partial charge in [0, 0.05) is 25.9 Å². The van der Waals surface area contributed by atoms with E-state index in [2.05, 4.69) is 17.0 Å². The molecule has 1 heterocycles. The molecule has 0 aliphatic rings. The highest BCUT2D eigenvalue weighted by molar-refractivity contribution is 5.94. The van der Waals surface area contributed by atoms with Gasteiger partial charge in [-0.25, -0.2) is 0 Å². The molecular weight excluding hydrogens is 306 g/mol. The lowest BCUT2D eigenvalue weighted by molar-refractivity contribution is 0.0892. The van der Waals surface area contributed by atoms with Crippen LogP contribution in [-0.2, 0) is 11.8 Å². The van der Waals surface area contributed by atoms with Crippen LogP contribution >= 0.6 is 0 Å². The number of hydrogen-bond donors (Lipinski definition) is 1. The van der Waals surface area contributed by atoms with Gasteiger partial charge in [-0.2, -0.15) is 5.10 Å². The fraction of sp³-hybridized carbons (Fsp3) is 0.333. The van der Waals surface area contributed by atoms with E-state index in [1.165, 1.54) is 0 Å². The summed E-state index contributed by atoms with van der Waals surface area (Å²) >= 11 is 0. The summed E-state index contributed by atoms with van der Waals surface area (Å²) in [5.41, 5.74) is 2.32. The number of aryl methyl sites for hydroxylation is 1. The number of amides is 1. The number of carbonyl (C=O) groups is 1. The van der Waals surface area contributed by atoms with Crippen LogP contribution in [0.5, 0.6) is 5.75 Å². The van der Waals surface area contributed by atoms with Crippen LogP contribution < -0.4 is 10.1 Å². The maximum absolute atomic E-state index is 12.6. The van der Waals surface area contributed by atoms with Crippen molar-refractivity contribution in [3.05, 3.63) is 59.9 Å². The Bertz CT molecular complexity index is 709. The molecule has 0 fully saturated rings. The number of hydrogen-bond acceptors (Lipinski definition) is 4. The van der Waals surface area contributed by atoms with Crippen LogP contribution in [0, 0.1) is 0 Å². The van der Waals surface area contributed by atoms with Crippen LogP contribution in [-0.4, -0.2) is 36.0 Å². The minimum Gasteiger partial charge on any atom is -0.489 e. The number of nitrogens with zero attached hydrogens (tertiary/aromatic N) is 2. The predicted molar refractivity (Wildman–Crippen MR) is 92.0 cm³/mol. The lowest BCUT2D eigenvalue weighted by Crippen LogP contribution is -2.32. The number of carbonyl (C=O) groups excluding carboxylic acids is 1. The Kier molecular flexibility index (Phi) is 6.14. The monoisotopic (exact) mass is 329 g/mol. The largest absolute Gasteiger partial charge is 0.489 e. The van der Waals surface area contributed by atoms with Gasteiger partial charge in [-0.05, 0) is 36.8 Å². The van der Waals surface area contributed by atoms with E-state index in [-0.39, 0.29) is 11.9 Å². The SMILES string of the molecule is C=C(C)COc1cccc(C(=O)NC(COC)c2ccnn2C)c1. The average Bonchev–Trinajstić information content (AvgIpc) is 2.98. The minimum atomic E-state index is -0.282. The highest BCUT2D eigenvalue weighted by Crippen LogP contribution is 2.17. The topological polar surface area (TPSA) is 65.4 Å². The van der Waals surface area contributed by atoms with Gasteiger partial charge in [0.05, 0.1) is 18.3 Å². The highest BCUT2D eigenvalue weighted by Gasteiger charge is 2.18. The third-order valence-electron chi connectivity index (χ3n) is 3.44. The molecule has 24 heavy (non-hydrogen) atoms. The van der Waals surface area contributed by atoms with Gasteiger partial charge in [-0.1, -0.05) is 12.6 Å². The Hall–Kier alpha value is -2.60. The summed E-state index contributed by atoms with van der Waals surface area (Å²) in [5.74, 6) is 0.438. The van der Waals surface area contributed by atoms with Gasteiger partial charge in [-0.15, -0.1) is 0 Å². The third-order valence-corrected chi connectivity index (χ3v) is 3.44. The molecule has 128 valence electrons. The maximum Gasteiger partial charge on any atom is 0.252 e. The van der Waals surface area contributed by atoms with Gasteiger partial charge in [-0.3, -0.25) is 9.48 Å². The summed E-state index contributed by atoms with van der Waals surface area (Å²) in [6, 6.07) is 8.64. The van der Waals surface area contributed by atoms with E-state index < -0.39 is 0 Å². The van der Waals surface area contributed by atoms with Crippen molar-refractivity contribution in [1.29, 1.82) is 0 Å². The molecule has 1 unspecified atom stereocenters. The first kappa shape index (κ1) is 17.7. The van der Waals surface area contributed by atoms with E-state index in [0.717, 1.165) is 11.3 Å². The maximum atomic E-state index is 12.6. The van der Waals surface area contributed by atoms with Gasteiger partial charge in [0.25, 0.3) is 5.91 Å². The Morgan fingerprint density at radius 3 is 2.83 bits per heavy atom. The molecule has 6 nitrogen and oxygen atoms in total. The van der Waals surface area contributed by atoms with Crippen LogP contribution in [0.4, 0.5) is 0 Å². The number of methoxy groups -OCH3 is 1. The van der Waals surface area contributed by atoms with Crippen molar-refractivity contribution in [1.82, 2.24) is 15.1 Å². The zero-order chi connectivity index (χ0) is 17.5. The molecule has 0 bridgehead atoms. The number of nitrogens with one attached hydrogen (secondary N) is 1. The van der Waals surface area contributed by atoms with Crippen LogP contribution in [0.15, 0.2) is 48.7 Å². The highest BCUT2D eigenvalue weighted by atomic mass is 16.5. The molecule has 1 aromatic carbocycles. The standard InChI is InChI=1S/C18H23N3O3/c1-13(2)11-24-15-7-5-6-14(10-15)18(22)20-16(12-23-4)17-8-9-19-21(17)3/h5-10,16H,1,11-12H2,2-4H3,(H,20,22). The summed E-state index contributed by atoms with van der Waals surface area (Å²) in [7, 11) is 3.43. The quantitative estimate of drug-likeness (QED) is 0.756. The van der Waals surface area contributed by atoms with E-state index >= 15 is 0 Å². The van der Waals surface area contributed by atoms with E-state index in [0.29, 0.717) is 24.5 Å². The molecule has 0 aliphatic heterocycles. The zero-order valence-corrected chi connectivity index (χ0v) is 14.3. The van der Waals surface area contributed by atoms with Crippen LogP contribution in [0.3, 0.4) is 0 Å². The molecule has 0 spiro atoms. The number of rotatable bonds is 8. The van der Waals surface area contributed by atoms with Gasteiger partial charge in [0.2, 0.25) is 0 Å². The van der Waals surface area contributed by atoms with Crippen LogP contribution in [0.25, 0.3) is 0 Å². The molecule has 0 radical (unpaired) electrons. The lowest BCUT2D eigenvalue weighted by Gasteiger charge is -2.18. The second kappa shape index (κ2) is 8.31. The van der Waals surface area contributed by atoms with E-state index in [4.69, 9.17) is 9.47 Å². The Labute approximate surface area is 142 Å². The summed E-state index contributed by atoms with van der Waals surface area (Å²) in [4.78, 5) is 12.6. The van der Waals surface area contributed by atoms with Gasteiger partial charge in [0.1, 0.15) is 12.4 Å². The molecule has 1 aromatic heterocycles. The first-order valence-corrected chi connectivity index (χ1v) is 7.66.